The molecule has 1 amide bonds. The molecule has 0 aromatic carbocycles. The lowest BCUT2D eigenvalue weighted by Crippen LogP contribution is -2.61. The smallest absolute Gasteiger partial charge is 0.410 e. The lowest BCUT2D eigenvalue weighted by molar-refractivity contribution is -0.174. The van der Waals surface area contributed by atoms with Crippen LogP contribution < -0.4 is 0 Å². The third kappa shape index (κ3) is 4.97. The zero-order valence-corrected chi connectivity index (χ0v) is 16.8. The zero-order valence-electron chi connectivity index (χ0n) is 16.8. The van der Waals surface area contributed by atoms with Crippen molar-refractivity contribution in [3.8, 4) is 0 Å². The van der Waals surface area contributed by atoms with Crippen LogP contribution in [0, 0.1) is 0 Å². The second-order valence-corrected chi connectivity index (χ2v) is 8.86. The maximum atomic E-state index is 12.0. The van der Waals surface area contributed by atoms with E-state index in [2.05, 4.69) is 16.0 Å². The Morgan fingerprint density at radius 3 is 2.44 bits per heavy atom. The standard InChI is InChI=1S/C20H29N3O4/c1-14(24)26-20(5)12-22(13-20)9-15-6-7-17(21-8-15)16-10-23(11-16)18(25)27-19(2,3)4/h6-8,16H,9-13H2,1-5H3. The van der Waals surface area contributed by atoms with Gasteiger partial charge in [-0.2, -0.15) is 0 Å². The van der Waals surface area contributed by atoms with E-state index in [0.29, 0.717) is 13.1 Å². The van der Waals surface area contributed by atoms with Gasteiger partial charge in [-0.25, -0.2) is 4.79 Å². The average molecular weight is 375 g/mol. The van der Waals surface area contributed by atoms with E-state index in [1.165, 1.54) is 6.92 Å². The molecule has 27 heavy (non-hydrogen) atoms. The van der Waals surface area contributed by atoms with Gasteiger partial charge in [0.2, 0.25) is 0 Å². The van der Waals surface area contributed by atoms with E-state index in [0.717, 1.165) is 30.9 Å². The molecule has 2 saturated heterocycles. The molecule has 7 nitrogen and oxygen atoms in total. The first-order valence-corrected chi connectivity index (χ1v) is 9.38. The zero-order chi connectivity index (χ0) is 19.8. The molecule has 148 valence electrons. The number of esters is 1. The predicted octanol–water partition coefficient (Wildman–Crippen LogP) is 2.55. The summed E-state index contributed by atoms with van der Waals surface area (Å²) in [5.41, 5.74) is 1.31. The number of pyridine rings is 1. The van der Waals surface area contributed by atoms with Gasteiger partial charge in [0.15, 0.2) is 0 Å². The highest BCUT2D eigenvalue weighted by molar-refractivity contribution is 5.69. The molecule has 3 rings (SSSR count). The van der Waals surface area contributed by atoms with Gasteiger partial charge < -0.3 is 14.4 Å². The number of carbonyl (C=O) groups is 2. The summed E-state index contributed by atoms with van der Waals surface area (Å²) in [6, 6.07) is 4.12. The monoisotopic (exact) mass is 375 g/mol. The van der Waals surface area contributed by atoms with Gasteiger partial charge in [0, 0.05) is 57.5 Å². The molecule has 0 atom stereocenters. The van der Waals surface area contributed by atoms with Crippen molar-refractivity contribution >= 4 is 12.1 Å². The van der Waals surface area contributed by atoms with E-state index in [4.69, 9.17) is 9.47 Å². The first kappa shape index (κ1) is 19.6. The number of hydrogen-bond donors (Lipinski definition) is 0. The summed E-state index contributed by atoms with van der Waals surface area (Å²) in [6.07, 6.45) is 1.64. The maximum absolute atomic E-state index is 12.0. The third-order valence-corrected chi connectivity index (χ3v) is 4.71. The highest BCUT2D eigenvalue weighted by Gasteiger charge is 2.41. The van der Waals surface area contributed by atoms with Crippen LogP contribution >= 0.6 is 0 Å². The van der Waals surface area contributed by atoms with Gasteiger partial charge >= 0.3 is 12.1 Å². The molecule has 1 aromatic heterocycles. The minimum atomic E-state index is -0.468. The average Bonchev–Trinajstić information content (AvgIpc) is 2.43. The molecule has 0 spiro atoms. The number of carbonyl (C=O) groups excluding carboxylic acids is 2. The molecule has 3 heterocycles. The molecule has 0 bridgehead atoms. The third-order valence-electron chi connectivity index (χ3n) is 4.71. The van der Waals surface area contributed by atoms with Gasteiger partial charge in [0.1, 0.15) is 11.2 Å². The van der Waals surface area contributed by atoms with Crippen molar-refractivity contribution in [3.63, 3.8) is 0 Å². The van der Waals surface area contributed by atoms with Gasteiger partial charge in [-0.3, -0.25) is 14.7 Å². The van der Waals surface area contributed by atoms with Gasteiger partial charge in [-0.15, -0.1) is 0 Å². The Morgan fingerprint density at radius 1 is 1.26 bits per heavy atom. The molecule has 0 aliphatic carbocycles. The van der Waals surface area contributed by atoms with Crippen molar-refractivity contribution in [3.05, 3.63) is 29.6 Å². The summed E-state index contributed by atoms with van der Waals surface area (Å²) in [7, 11) is 0. The summed E-state index contributed by atoms with van der Waals surface area (Å²) in [5, 5.41) is 0. The summed E-state index contributed by atoms with van der Waals surface area (Å²) in [6.45, 7) is 12.6. The topological polar surface area (TPSA) is 72.0 Å². The molecule has 2 fully saturated rings. The SMILES string of the molecule is CC(=O)OC1(C)CN(Cc2ccc(C3CN(C(=O)OC(C)(C)C)C3)nc2)C1. The fourth-order valence-electron chi connectivity index (χ4n) is 3.59. The van der Waals surface area contributed by atoms with Crippen molar-refractivity contribution in [2.24, 2.45) is 0 Å². The van der Waals surface area contributed by atoms with Gasteiger partial charge in [0.25, 0.3) is 0 Å². The van der Waals surface area contributed by atoms with E-state index in [9.17, 15) is 9.59 Å². The molecular formula is C20H29N3O4. The minimum absolute atomic E-state index is 0.232. The highest BCUT2D eigenvalue weighted by atomic mass is 16.6. The second kappa shape index (κ2) is 7.11. The molecule has 0 radical (unpaired) electrons. The van der Waals surface area contributed by atoms with Gasteiger partial charge in [-0.1, -0.05) is 6.07 Å². The van der Waals surface area contributed by atoms with E-state index >= 15 is 0 Å². The largest absolute Gasteiger partial charge is 0.457 e. The maximum Gasteiger partial charge on any atom is 0.410 e. The normalized spacial score (nSPS) is 19.8. The Balaban J connectivity index is 1.44. The van der Waals surface area contributed by atoms with Crippen molar-refractivity contribution in [1.82, 2.24) is 14.8 Å². The fraction of sp³-hybridized carbons (Fsp3) is 0.650. The first-order chi connectivity index (χ1) is 12.5. The predicted molar refractivity (Wildman–Crippen MR) is 100 cm³/mol. The van der Waals surface area contributed by atoms with E-state index < -0.39 is 5.60 Å². The molecule has 7 heteroatoms. The van der Waals surface area contributed by atoms with Gasteiger partial charge in [0.05, 0.1) is 0 Å². The Hall–Kier alpha value is -2.15. The number of ether oxygens (including phenoxy) is 2. The summed E-state index contributed by atoms with van der Waals surface area (Å²) < 4.78 is 10.7. The lowest BCUT2D eigenvalue weighted by Gasteiger charge is -2.46. The van der Waals surface area contributed by atoms with E-state index in [1.807, 2.05) is 40.0 Å². The van der Waals surface area contributed by atoms with Crippen LogP contribution in [-0.4, -0.2) is 64.2 Å². The van der Waals surface area contributed by atoms with Crippen LogP contribution in [0.4, 0.5) is 4.79 Å². The Bertz CT molecular complexity index is 699. The van der Waals surface area contributed by atoms with Crippen molar-refractivity contribution < 1.29 is 19.1 Å². The Kier molecular flexibility index (Phi) is 5.16. The van der Waals surface area contributed by atoms with Crippen molar-refractivity contribution in [2.75, 3.05) is 26.2 Å². The Morgan fingerprint density at radius 2 is 1.93 bits per heavy atom. The lowest BCUT2D eigenvalue weighted by atomic mass is 9.94. The summed E-state index contributed by atoms with van der Waals surface area (Å²) >= 11 is 0. The number of aromatic nitrogens is 1. The summed E-state index contributed by atoms with van der Waals surface area (Å²) in [5.74, 6) is 0.0342. The van der Waals surface area contributed by atoms with Crippen molar-refractivity contribution in [2.45, 2.75) is 58.3 Å². The quantitative estimate of drug-likeness (QED) is 0.753. The van der Waals surface area contributed by atoms with E-state index in [1.54, 1.807) is 4.90 Å². The molecular weight excluding hydrogens is 346 g/mol. The molecule has 0 saturated carbocycles. The number of amides is 1. The molecule has 0 unspecified atom stereocenters. The van der Waals surface area contributed by atoms with Crippen LogP contribution in [0.15, 0.2) is 18.3 Å². The number of nitrogens with zero attached hydrogens (tertiary/aromatic N) is 3. The van der Waals surface area contributed by atoms with Crippen LogP contribution in [0.25, 0.3) is 0 Å². The molecule has 0 N–H and O–H groups in total. The van der Waals surface area contributed by atoms with Gasteiger partial charge in [-0.05, 0) is 39.3 Å². The van der Waals surface area contributed by atoms with E-state index in [-0.39, 0.29) is 23.6 Å². The minimum Gasteiger partial charge on any atom is -0.457 e. The Labute approximate surface area is 160 Å². The number of rotatable bonds is 4. The van der Waals surface area contributed by atoms with Crippen LogP contribution in [0.1, 0.15) is 51.8 Å². The van der Waals surface area contributed by atoms with Crippen molar-refractivity contribution in [1.29, 1.82) is 0 Å². The molecule has 2 aliphatic rings. The first-order valence-electron chi connectivity index (χ1n) is 9.38. The van der Waals surface area contributed by atoms with Crippen LogP contribution in [-0.2, 0) is 20.8 Å². The van der Waals surface area contributed by atoms with Crippen LogP contribution in [0.3, 0.4) is 0 Å². The summed E-state index contributed by atoms with van der Waals surface area (Å²) in [4.78, 5) is 31.6. The number of likely N-dealkylation sites (tertiary alicyclic amines) is 2. The van der Waals surface area contributed by atoms with Crippen LogP contribution in [0.2, 0.25) is 0 Å². The van der Waals surface area contributed by atoms with Crippen LogP contribution in [0.5, 0.6) is 0 Å². The highest BCUT2D eigenvalue weighted by Crippen LogP contribution is 2.29. The number of hydrogen-bond acceptors (Lipinski definition) is 6. The molecule has 1 aromatic rings. The second-order valence-electron chi connectivity index (χ2n) is 8.86. The molecule has 2 aliphatic heterocycles. The fourth-order valence-corrected chi connectivity index (χ4v) is 3.59.